The molecule has 0 aromatic heterocycles. The molecule has 0 aliphatic carbocycles. The Hall–Kier alpha value is -1.15. The van der Waals surface area contributed by atoms with Crippen molar-refractivity contribution in [2.75, 3.05) is 26.2 Å². The Morgan fingerprint density at radius 1 is 1.11 bits per heavy atom. The zero-order chi connectivity index (χ0) is 19.6. The third-order valence-corrected chi connectivity index (χ3v) is 7.88. The lowest BCUT2D eigenvalue weighted by atomic mass is 9.96. The van der Waals surface area contributed by atoms with Gasteiger partial charge in [-0.2, -0.15) is 4.31 Å². The molecule has 1 aromatic rings. The normalized spacial score (nSPS) is 21.8. The Kier molecular flexibility index (Phi) is 7.90. The van der Waals surface area contributed by atoms with Gasteiger partial charge in [0.15, 0.2) is 0 Å². The van der Waals surface area contributed by atoms with E-state index in [1.807, 2.05) is 32.9 Å². The van der Waals surface area contributed by atoms with Crippen molar-refractivity contribution in [3.63, 3.8) is 0 Å². The van der Waals surface area contributed by atoms with Crippen LogP contribution in [0, 0.1) is 26.7 Å². The summed E-state index contributed by atoms with van der Waals surface area (Å²) in [5.41, 5.74) is 2.64. The highest BCUT2D eigenvalue weighted by Gasteiger charge is 2.34. The van der Waals surface area contributed by atoms with Crippen molar-refractivity contribution >= 4 is 28.3 Å². The quantitative estimate of drug-likeness (QED) is 0.769. The molecule has 158 valence electrons. The molecule has 0 radical (unpaired) electrons. The van der Waals surface area contributed by atoms with Gasteiger partial charge in [0.05, 0.1) is 4.90 Å². The number of piperidine rings is 2. The van der Waals surface area contributed by atoms with Crippen LogP contribution in [-0.2, 0) is 14.8 Å². The molecule has 2 aliphatic heterocycles. The average molecular weight is 430 g/mol. The Morgan fingerprint density at radius 2 is 1.71 bits per heavy atom. The molecule has 0 spiro atoms. The van der Waals surface area contributed by atoms with E-state index in [1.165, 1.54) is 0 Å². The molecule has 0 bridgehead atoms. The minimum atomic E-state index is -3.52. The van der Waals surface area contributed by atoms with E-state index in [1.54, 1.807) is 4.31 Å². The molecular formula is C20H32ClN3O3S. The van der Waals surface area contributed by atoms with E-state index in [4.69, 9.17) is 0 Å². The summed E-state index contributed by atoms with van der Waals surface area (Å²) in [4.78, 5) is 13.0. The molecular weight excluding hydrogens is 398 g/mol. The average Bonchev–Trinajstić information content (AvgIpc) is 2.61. The van der Waals surface area contributed by atoms with Gasteiger partial charge in [-0.05, 0) is 64.1 Å². The molecule has 28 heavy (non-hydrogen) atoms. The first kappa shape index (κ1) is 23.1. The second kappa shape index (κ2) is 9.57. The lowest BCUT2D eigenvalue weighted by Gasteiger charge is -2.33. The highest BCUT2D eigenvalue weighted by atomic mass is 35.5. The van der Waals surface area contributed by atoms with Gasteiger partial charge in [0.2, 0.25) is 15.9 Å². The molecule has 1 atom stereocenters. The number of sulfonamides is 1. The van der Waals surface area contributed by atoms with Crippen LogP contribution in [0.2, 0.25) is 0 Å². The first-order valence-electron chi connectivity index (χ1n) is 9.88. The zero-order valence-electron chi connectivity index (χ0n) is 17.0. The van der Waals surface area contributed by atoms with E-state index in [-0.39, 0.29) is 30.3 Å². The van der Waals surface area contributed by atoms with Gasteiger partial charge in [-0.3, -0.25) is 4.79 Å². The number of nitrogens with zero attached hydrogens (tertiary/aromatic N) is 1. The number of amides is 1. The molecule has 1 amide bonds. The summed E-state index contributed by atoms with van der Waals surface area (Å²) in [7, 11) is -3.52. The van der Waals surface area contributed by atoms with Crippen molar-refractivity contribution in [3.05, 3.63) is 28.8 Å². The Balaban J connectivity index is 0.00000280. The van der Waals surface area contributed by atoms with Gasteiger partial charge < -0.3 is 10.6 Å². The molecule has 0 saturated carbocycles. The molecule has 2 N–H and O–H groups in total. The summed E-state index contributed by atoms with van der Waals surface area (Å²) in [5.74, 6) is -0.0259. The third kappa shape index (κ3) is 5.06. The van der Waals surface area contributed by atoms with Crippen LogP contribution >= 0.6 is 12.4 Å². The first-order chi connectivity index (χ1) is 12.8. The van der Waals surface area contributed by atoms with Crippen LogP contribution < -0.4 is 10.6 Å². The maximum atomic E-state index is 13.2. The number of carbonyl (C=O) groups is 1. The SMILES string of the molecule is Cc1cc(C)c(S(=O)(=O)N2CCC(C(=O)NC3CCCNC3)CC2)c(C)c1.Cl. The summed E-state index contributed by atoms with van der Waals surface area (Å²) >= 11 is 0. The smallest absolute Gasteiger partial charge is 0.243 e. The minimum Gasteiger partial charge on any atom is -0.352 e. The van der Waals surface area contributed by atoms with Crippen LogP contribution in [0.3, 0.4) is 0 Å². The molecule has 2 aliphatic rings. The Morgan fingerprint density at radius 3 is 2.25 bits per heavy atom. The second-order valence-electron chi connectivity index (χ2n) is 7.96. The maximum Gasteiger partial charge on any atom is 0.243 e. The maximum absolute atomic E-state index is 13.2. The van der Waals surface area contributed by atoms with Crippen LogP contribution in [0.5, 0.6) is 0 Å². The predicted molar refractivity (Wildman–Crippen MR) is 113 cm³/mol. The van der Waals surface area contributed by atoms with Crippen LogP contribution in [0.25, 0.3) is 0 Å². The topological polar surface area (TPSA) is 78.5 Å². The van der Waals surface area contributed by atoms with Crippen LogP contribution in [0.4, 0.5) is 0 Å². The minimum absolute atomic E-state index is 0. The number of hydrogen-bond acceptors (Lipinski definition) is 4. The molecule has 2 heterocycles. The van der Waals surface area contributed by atoms with Crippen LogP contribution in [0.15, 0.2) is 17.0 Å². The van der Waals surface area contributed by atoms with Gasteiger partial charge in [0.25, 0.3) is 0 Å². The first-order valence-corrected chi connectivity index (χ1v) is 11.3. The molecule has 1 unspecified atom stereocenters. The van der Waals surface area contributed by atoms with Crippen molar-refractivity contribution in [2.45, 2.75) is 57.4 Å². The lowest BCUT2D eigenvalue weighted by molar-refractivity contribution is -0.126. The van der Waals surface area contributed by atoms with Gasteiger partial charge in [0, 0.05) is 31.6 Å². The number of benzene rings is 1. The fourth-order valence-electron chi connectivity index (χ4n) is 4.36. The second-order valence-corrected chi connectivity index (χ2v) is 9.83. The third-order valence-electron chi connectivity index (χ3n) is 5.67. The Bertz CT molecular complexity index is 776. The lowest BCUT2D eigenvalue weighted by Crippen LogP contribution is -2.49. The van der Waals surface area contributed by atoms with Crippen LogP contribution in [-0.4, -0.2) is 50.9 Å². The number of carbonyl (C=O) groups excluding carboxylic acids is 1. The van der Waals surface area contributed by atoms with Gasteiger partial charge in [-0.25, -0.2) is 8.42 Å². The number of nitrogens with one attached hydrogen (secondary N) is 2. The fourth-order valence-corrected chi connectivity index (χ4v) is 6.24. The van der Waals surface area contributed by atoms with E-state index in [2.05, 4.69) is 10.6 Å². The van der Waals surface area contributed by atoms with E-state index in [0.717, 1.165) is 42.6 Å². The molecule has 1 aromatic carbocycles. The van der Waals surface area contributed by atoms with Crippen molar-refractivity contribution in [2.24, 2.45) is 5.92 Å². The summed E-state index contributed by atoms with van der Waals surface area (Å²) < 4.78 is 27.8. The van der Waals surface area contributed by atoms with E-state index < -0.39 is 10.0 Å². The monoisotopic (exact) mass is 429 g/mol. The highest BCUT2D eigenvalue weighted by Crippen LogP contribution is 2.29. The van der Waals surface area contributed by atoms with Crippen molar-refractivity contribution < 1.29 is 13.2 Å². The van der Waals surface area contributed by atoms with Gasteiger partial charge in [-0.15, -0.1) is 12.4 Å². The summed E-state index contributed by atoms with van der Waals surface area (Å²) in [6.07, 6.45) is 3.25. The van der Waals surface area contributed by atoms with E-state index >= 15 is 0 Å². The molecule has 8 heteroatoms. The van der Waals surface area contributed by atoms with Crippen molar-refractivity contribution in [1.29, 1.82) is 0 Å². The van der Waals surface area contributed by atoms with E-state index in [9.17, 15) is 13.2 Å². The van der Waals surface area contributed by atoms with Gasteiger partial charge in [-0.1, -0.05) is 17.7 Å². The summed E-state index contributed by atoms with van der Waals surface area (Å²) in [6.45, 7) is 8.32. The van der Waals surface area contributed by atoms with Gasteiger partial charge in [0.1, 0.15) is 0 Å². The Labute approximate surface area is 174 Å². The molecule has 6 nitrogen and oxygen atoms in total. The standard InChI is InChI=1S/C20H31N3O3S.ClH/c1-14-11-15(2)19(16(3)12-14)27(25,26)23-9-6-17(7-10-23)20(24)22-18-5-4-8-21-13-18;/h11-12,17-18,21H,4-10,13H2,1-3H3,(H,22,24);1H. The fraction of sp³-hybridized carbons (Fsp3) is 0.650. The number of hydrogen-bond donors (Lipinski definition) is 2. The zero-order valence-corrected chi connectivity index (χ0v) is 18.6. The largest absolute Gasteiger partial charge is 0.352 e. The van der Waals surface area contributed by atoms with E-state index in [0.29, 0.717) is 30.8 Å². The summed E-state index contributed by atoms with van der Waals surface area (Å²) in [6, 6.07) is 4.03. The van der Waals surface area contributed by atoms with Crippen molar-refractivity contribution in [1.82, 2.24) is 14.9 Å². The number of rotatable bonds is 4. The molecule has 2 saturated heterocycles. The van der Waals surface area contributed by atoms with Crippen molar-refractivity contribution in [3.8, 4) is 0 Å². The molecule has 3 rings (SSSR count). The predicted octanol–water partition coefficient (Wildman–Crippen LogP) is 2.30. The molecule has 2 fully saturated rings. The number of halogens is 1. The number of aryl methyl sites for hydroxylation is 3. The highest BCUT2D eigenvalue weighted by molar-refractivity contribution is 7.89. The summed E-state index contributed by atoms with van der Waals surface area (Å²) in [5, 5.41) is 6.43. The van der Waals surface area contributed by atoms with Crippen LogP contribution in [0.1, 0.15) is 42.4 Å². The van der Waals surface area contributed by atoms with Gasteiger partial charge >= 0.3 is 0 Å².